The van der Waals surface area contributed by atoms with E-state index in [0.29, 0.717) is 23.9 Å². The molecule has 1 saturated carbocycles. The molecular weight excluding hydrogens is 460 g/mol. The number of anilines is 1. The number of nitrogens with zero attached hydrogens (tertiary/aromatic N) is 4. The molecule has 2 aromatic heterocycles. The Morgan fingerprint density at radius 1 is 0.946 bits per heavy atom. The van der Waals surface area contributed by atoms with Crippen LogP contribution in [0.1, 0.15) is 45.1 Å². The lowest BCUT2D eigenvalue weighted by Crippen LogP contribution is -2.54. The Labute approximate surface area is 218 Å². The Hall–Kier alpha value is -3.42. The maximum atomic E-state index is 6.41. The molecule has 1 atom stereocenters. The van der Waals surface area contributed by atoms with E-state index in [1.165, 1.54) is 25.8 Å². The largest absolute Gasteiger partial charge is 0.457 e. The molecule has 192 valence electrons. The van der Waals surface area contributed by atoms with Crippen LogP contribution in [0.25, 0.3) is 22.2 Å². The second kappa shape index (κ2) is 10.5. The van der Waals surface area contributed by atoms with Crippen LogP contribution in [0.5, 0.6) is 11.5 Å². The summed E-state index contributed by atoms with van der Waals surface area (Å²) < 4.78 is 8.35. The highest BCUT2D eigenvalue weighted by atomic mass is 16.5. The summed E-state index contributed by atoms with van der Waals surface area (Å²) in [7, 11) is 0. The van der Waals surface area contributed by atoms with E-state index in [9.17, 15) is 0 Å². The van der Waals surface area contributed by atoms with E-state index < -0.39 is 0 Å². The number of piperazine rings is 1. The minimum Gasteiger partial charge on any atom is -0.457 e. The van der Waals surface area contributed by atoms with Gasteiger partial charge in [0.25, 0.3) is 0 Å². The smallest absolute Gasteiger partial charge is 0.146 e. The van der Waals surface area contributed by atoms with E-state index in [2.05, 4.69) is 45.0 Å². The average Bonchev–Trinajstić information content (AvgIpc) is 3.35. The first kappa shape index (κ1) is 23.9. The van der Waals surface area contributed by atoms with Crippen molar-refractivity contribution in [3.63, 3.8) is 0 Å². The lowest BCUT2D eigenvalue weighted by Gasteiger charge is -2.42. The zero-order valence-electron chi connectivity index (χ0n) is 21.5. The third-order valence-corrected chi connectivity index (χ3v) is 8.14. The lowest BCUT2D eigenvalue weighted by atomic mass is 9.89. The van der Waals surface area contributed by atoms with E-state index in [4.69, 9.17) is 15.5 Å². The molecule has 3 heterocycles. The van der Waals surface area contributed by atoms with E-state index in [-0.39, 0.29) is 0 Å². The highest BCUT2D eigenvalue weighted by molar-refractivity contribution is 6.00. The third-order valence-electron chi connectivity index (χ3n) is 8.14. The van der Waals surface area contributed by atoms with E-state index >= 15 is 0 Å². The minimum atomic E-state index is 0.423. The van der Waals surface area contributed by atoms with Gasteiger partial charge in [-0.15, -0.1) is 0 Å². The van der Waals surface area contributed by atoms with Crippen LogP contribution in [-0.4, -0.2) is 51.2 Å². The molecule has 0 radical (unpaired) electrons. The number of ether oxygens (including phenoxy) is 1. The summed E-state index contributed by atoms with van der Waals surface area (Å²) >= 11 is 0. The van der Waals surface area contributed by atoms with Crippen molar-refractivity contribution in [2.75, 3.05) is 25.4 Å². The standard InChI is InChI=1S/C30H36N6O/c1-2-22-18-35(17-16-32-22)23-10-12-24(13-11-23)36-19-27(28-29(31)33-20-34-30(28)36)21-8-14-26(15-9-21)37-25-6-4-3-5-7-25/h3-9,14-15,19-20,22-24,32H,2,10-13,16-18H2,1H3,(H2,31,33,34). The number of hydrogen-bond acceptors (Lipinski definition) is 6. The Morgan fingerprint density at radius 2 is 1.68 bits per heavy atom. The summed E-state index contributed by atoms with van der Waals surface area (Å²) in [5.41, 5.74) is 9.51. The Morgan fingerprint density at radius 3 is 2.43 bits per heavy atom. The van der Waals surface area contributed by atoms with Crippen LogP contribution in [0.3, 0.4) is 0 Å². The molecule has 3 N–H and O–H groups in total. The first-order chi connectivity index (χ1) is 18.2. The molecule has 0 spiro atoms. The summed E-state index contributed by atoms with van der Waals surface area (Å²) in [6, 6.07) is 19.8. The van der Waals surface area contributed by atoms with Crippen molar-refractivity contribution in [1.82, 2.24) is 24.8 Å². The molecule has 1 aliphatic heterocycles. The molecule has 0 amide bonds. The lowest BCUT2D eigenvalue weighted by molar-refractivity contribution is 0.103. The molecule has 0 bridgehead atoms. The van der Waals surface area contributed by atoms with Gasteiger partial charge >= 0.3 is 0 Å². The van der Waals surface area contributed by atoms with Gasteiger partial charge in [0.1, 0.15) is 29.3 Å². The summed E-state index contributed by atoms with van der Waals surface area (Å²) in [4.78, 5) is 11.7. The van der Waals surface area contributed by atoms with Gasteiger partial charge in [0, 0.05) is 49.5 Å². The van der Waals surface area contributed by atoms with Crippen molar-refractivity contribution in [3.8, 4) is 22.6 Å². The third kappa shape index (κ3) is 4.93. The molecule has 4 aromatic rings. The quantitative estimate of drug-likeness (QED) is 0.360. The SMILES string of the molecule is CCC1CN(C2CCC(n3cc(-c4ccc(Oc5ccccc5)cc4)c4c(N)ncnc43)CC2)CCN1. The predicted octanol–water partition coefficient (Wildman–Crippen LogP) is 5.64. The van der Waals surface area contributed by atoms with E-state index in [0.717, 1.165) is 59.6 Å². The summed E-state index contributed by atoms with van der Waals surface area (Å²) in [5, 5.41) is 4.59. The molecule has 1 saturated heterocycles. The predicted molar refractivity (Wildman–Crippen MR) is 149 cm³/mol. The molecule has 6 rings (SSSR count). The second-order valence-corrected chi connectivity index (χ2v) is 10.4. The van der Waals surface area contributed by atoms with Gasteiger partial charge in [-0.2, -0.15) is 0 Å². The molecule has 1 unspecified atom stereocenters. The highest BCUT2D eigenvalue weighted by Crippen LogP contribution is 2.39. The summed E-state index contributed by atoms with van der Waals surface area (Å²) in [6.07, 6.45) is 9.79. The number of rotatable bonds is 6. The Kier molecular flexibility index (Phi) is 6.81. The van der Waals surface area contributed by atoms with Crippen molar-refractivity contribution in [3.05, 3.63) is 67.1 Å². The number of hydrogen-bond donors (Lipinski definition) is 2. The van der Waals surface area contributed by atoms with Gasteiger partial charge in [-0.3, -0.25) is 4.90 Å². The molecule has 2 aliphatic rings. The maximum absolute atomic E-state index is 6.41. The van der Waals surface area contributed by atoms with Crippen LogP contribution in [0.2, 0.25) is 0 Å². The first-order valence-corrected chi connectivity index (χ1v) is 13.6. The second-order valence-electron chi connectivity index (χ2n) is 10.4. The van der Waals surface area contributed by atoms with Crippen LogP contribution in [0.15, 0.2) is 67.1 Å². The van der Waals surface area contributed by atoms with Crippen LogP contribution < -0.4 is 15.8 Å². The van der Waals surface area contributed by atoms with Gasteiger partial charge in [-0.05, 0) is 61.9 Å². The normalized spacial score (nSPS) is 22.8. The Balaban J connectivity index is 1.23. The fraction of sp³-hybridized carbons (Fsp3) is 0.400. The van der Waals surface area contributed by atoms with Crippen LogP contribution in [0, 0.1) is 0 Å². The van der Waals surface area contributed by atoms with Gasteiger partial charge in [-0.25, -0.2) is 9.97 Å². The van der Waals surface area contributed by atoms with Crippen LogP contribution in [-0.2, 0) is 0 Å². The number of nitrogens with two attached hydrogens (primary N) is 1. The van der Waals surface area contributed by atoms with Crippen molar-refractivity contribution in [2.45, 2.75) is 57.2 Å². The van der Waals surface area contributed by atoms with Crippen molar-refractivity contribution >= 4 is 16.9 Å². The molecular formula is C30H36N6O. The molecule has 7 heteroatoms. The van der Waals surface area contributed by atoms with Gasteiger partial charge < -0.3 is 20.4 Å². The average molecular weight is 497 g/mol. The minimum absolute atomic E-state index is 0.423. The van der Waals surface area contributed by atoms with Gasteiger partial charge in [0.05, 0.1) is 5.39 Å². The number of fused-ring (bicyclic) bond motifs is 1. The van der Waals surface area contributed by atoms with Crippen molar-refractivity contribution < 1.29 is 4.74 Å². The van der Waals surface area contributed by atoms with Gasteiger partial charge in [0.15, 0.2) is 0 Å². The molecule has 2 fully saturated rings. The first-order valence-electron chi connectivity index (χ1n) is 13.6. The number of aromatic nitrogens is 3. The van der Waals surface area contributed by atoms with Gasteiger partial charge in [-0.1, -0.05) is 37.3 Å². The summed E-state index contributed by atoms with van der Waals surface area (Å²) in [5.74, 6) is 2.16. The molecule has 37 heavy (non-hydrogen) atoms. The number of benzene rings is 2. The monoisotopic (exact) mass is 496 g/mol. The van der Waals surface area contributed by atoms with Crippen molar-refractivity contribution in [1.29, 1.82) is 0 Å². The fourth-order valence-electron chi connectivity index (χ4n) is 6.09. The number of para-hydroxylation sites is 1. The molecule has 2 aromatic carbocycles. The summed E-state index contributed by atoms with van der Waals surface area (Å²) in [6.45, 7) is 5.73. The van der Waals surface area contributed by atoms with E-state index in [1.54, 1.807) is 6.33 Å². The molecule has 7 nitrogen and oxygen atoms in total. The topological polar surface area (TPSA) is 81.2 Å². The Bertz CT molecular complexity index is 1330. The van der Waals surface area contributed by atoms with E-state index in [1.807, 2.05) is 42.5 Å². The molecule has 1 aliphatic carbocycles. The number of nitrogens with one attached hydrogen (secondary N) is 1. The highest BCUT2D eigenvalue weighted by Gasteiger charge is 2.30. The zero-order valence-corrected chi connectivity index (χ0v) is 21.5. The van der Waals surface area contributed by atoms with Crippen LogP contribution >= 0.6 is 0 Å². The number of nitrogen functional groups attached to an aromatic ring is 1. The van der Waals surface area contributed by atoms with Crippen molar-refractivity contribution in [2.24, 2.45) is 0 Å². The van der Waals surface area contributed by atoms with Gasteiger partial charge in [0.2, 0.25) is 0 Å². The zero-order chi connectivity index (χ0) is 25.2. The maximum Gasteiger partial charge on any atom is 0.146 e. The van der Waals surface area contributed by atoms with Crippen LogP contribution in [0.4, 0.5) is 5.82 Å². The fourth-order valence-corrected chi connectivity index (χ4v) is 6.09.